The molecule has 0 aliphatic carbocycles. The molecule has 0 radical (unpaired) electrons. The molecule has 1 rings (SSSR count). The quantitative estimate of drug-likeness (QED) is 0.805. The van der Waals surface area contributed by atoms with E-state index < -0.39 is 17.7 Å². The van der Waals surface area contributed by atoms with Gasteiger partial charge in [0.2, 0.25) is 5.12 Å². The van der Waals surface area contributed by atoms with Crippen molar-refractivity contribution in [1.29, 1.82) is 0 Å². The number of carbonyl (C=O) groups is 1. The van der Waals surface area contributed by atoms with E-state index in [0.29, 0.717) is 11.1 Å². The summed E-state index contributed by atoms with van der Waals surface area (Å²) in [6.45, 7) is 0. The van der Waals surface area contributed by atoms with Crippen molar-refractivity contribution in [2.24, 2.45) is 0 Å². The van der Waals surface area contributed by atoms with Crippen LogP contribution in [0.1, 0.15) is 28.8 Å². The first-order valence-corrected chi connectivity index (χ1v) is 5.23. The maximum Gasteiger partial charge on any atom is 0.389 e. The molecular formula is C11H11F3OS. The van der Waals surface area contributed by atoms with Crippen LogP contribution in [0.4, 0.5) is 13.2 Å². The van der Waals surface area contributed by atoms with Crippen molar-refractivity contribution in [2.45, 2.75) is 25.4 Å². The van der Waals surface area contributed by atoms with E-state index >= 15 is 0 Å². The number of halogens is 3. The molecule has 1 nitrogen and oxygen atoms in total. The summed E-state index contributed by atoms with van der Waals surface area (Å²) in [5, 5.41) is -0.414. The van der Waals surface area contributed by atoms with E-state index in [2.05, 4.69) is 12.6 Å². The van der Waals surface area contributed by atoms with Gasteiger partial charge in [0.25, 0.3) is 0 Å². The van der Waals surface area contributed by atoms with Gasteiger partial charge in [-0.25, -0.2) is 0 Å². The van der Waals surface area contributed by atoms with Gasteiger partial charge < -0.3 is 0 Å². The number of hydrogen-bond acceptors (Lipinski definition) is 1. The highest BCUT2D eigenvalue weighted by atomic mass is 32.1. The topological polar surface area (TPSA) is 17.1 Å². The van der Waals surface area contributed by atoms with E-state index in [-0.39, 0.29) is 12.8 Å². The minimum Gasteiger partial charge on any atom is -0.282 e. The largest absolute Gasteiger partial charge is 0.389 e. The van der Waals surface area contributed by atoms with E-state index in [0.717, 1.165) is 0 Å². The van der Waals surface area contributed by atoms with Gasteiger partial charge in [0, 0.05) is 12.0 Å². The number of rotatable bonds is 4. The molecule has 0 aliphatic rings. The third-order valence-electron chi connectivity index (χ3n) is 2.15. The van der Waals surface area contributed by atoms with Crippen LogP contribution in [-0.2, 0) is 6.42 Å². The van der Waals surface area contributed by atoms with E-state index in [1.807, 2.05) is 0 Å². The van der Waals surface area contributed by atoms with Gasteiger partial charge in [0.15, 0.2) is 0 Å². The van der Waals surface area contributed by atoms with E-state index in [9.17, 15) is 18.0 Å². The fourth-order valence-corrected chi connectivity index (χ4v) is 1.64. The van der Waals surface area contributed by atoms with Crippen LogP contribution in [0.15, 0.2) is 24.3 Å². The summed E-state index contributed by atoms with van der Waals surface area (Å²) in [4.78, 5) is 11.1. The minimum atomic E-state index is -4.14. The lowest BCUT2D eigenvalue weighted by atomic mass is 10.0. The van der Waals surface area contributed by atoms with Crippen molar-refractivity contribution >= 4 is 17.7 Å². The Balaban J connectivity index is 2.64. The van der Waals surface area contributed by atoms with Crippen LogP contribution in [0, 0.1) is 0 Å². The molecule has 0 saturated heterocycles. The SMILES string of the molecule is O=C(S)c1ccccc1CCCC(F)(F)F. The molecule has 0 amide bonds. The van der Waals surface area contributed by atoms with Crippen LogP contribution < -0.4 is 0 Å². The second-order valence-corrected chi connectivity index (χ2v) is 3.84. The molecule has 0 saturated carbocycles. The first kappa shape index (κ1) is 13.1. The summed E-state index contributed by atoms with van der Waals surface area (Å²) in [5.74, 6) is 0. The molecule has 0 bridgehead atoms. The van der Waals surface area contributed by atoms with Crippen molar-refractivity contribution in [1.82, 2.24) is 0 Å². The highest BCUT2D eigenvalue weighted by Gasteiger charge is 2.26. The first-order chi connectivity index (χ1) is 7.40. The minimum absolute atomic E-state index is 0.0123. The molecule has 16 heavy (non-hydrogen) atoms. The van der Waals surface area contributed by atoms with Crippen LogP contribution in [-0.4, -0.2) is 11.3 Å². The number of aryl methyl sites for hydroxylation is 1. The predicted octanol–water partition coefficient (Wildman–Crippen LogP) is 3.64. The Bertz CT molecular complexity index is 374. The Hall–Kier alpha value is -0.970. The molecule has 0 unspecified atom stereocenters. The molecule has 1 aromatic carbocycles. The Labute approximate surface area is 97.1 Å². The second-order valence-electron chi connectivity index (χ2n) is 3.43. The van der Waals surface area contributed by atoms with E-state index in [1.54, 1.807) is 24.3 Å². The third-order valence-corrected chi connectivity index (χ3v) is 2.40. The van der Waals surface area contributed by atoms with Gasteiger partial charge in [0.05, 0.1) is 0 Å². The summed E-state index contributed by atoms with van der Waals surface area (Å²) in [6, 6.07) is 6.58. The van der Waals surface area contributed by atoms with Crippen LogP contribution in [0.25, 0.3) is 0 Å². The highest BCUT2D eigenvalue weighted by molar-refractivity contribution is 7.97. The maximum atomic E-state index is 11.9. The Morgan fingerprint density at radius 1 is 1.25 bits per heavy atom. The maximum absolute atomic E-state index is 11.9. The highest BCUT2D eigenvalue weighted by Crippen LogP contribution is 2.23. The fraction of sp³-hybridized carbons (Fsp3) is 0.364. The van der Waals surface area contributed by atoms with Crippen LogP contribution in [0.3, 0.4) is 0 Å². The second kappa shape index (κ2) is 5.39. The van der Waals surface area contributed by atoms with Gasteiger partial charge >= 0.3 is 6.18 Å². The Kier molecular flexibility index (Phi) is 4.41. The lowest BCUT2D eigenvalue weighted by Crippen LogP contribution is -2.08. The zero-order chi connectivity index (χ0) is 12.2. The standard InChI is InChI=1S/C11H11F3OS/c12-11(13,14)7-3-5-8-4-1-2-6-9(8)10(15)16/h1-2,4,6H,3,5,7H2,(H,15,16). The van der Waals surface area contributed by atoms with Gasteiger partial charge in [-0.1, -0.05) is 24.3 Å². The van der Waals surface area contributed by atoms with Crippen LogP contribution >= 0.6 is 12.6 Å². The van der Waals surface area contributed by atoms with Crippen molar-refractivity contribution in [3.8, 4) is 0 Å². The van der Waals surface area contributed by atoms with Gasteiger partial charge in [0.1, 0.15) is 0 Å². The lowest BCUT2D eigenvalue weighted by molar-refractivity contribution is -0.135. The number of hydrogen-bond donors (Lipinski definition) is 1. The molecular weight excluding hydrogens is 237 g/mol. The Morgan fingerprint density at radius 3 is 2.44 bits per heavy atom. The molecule has 5 heteroatoms. The van der Waals surface area contributed by atoms with Crippen molar-refractivity contribution in [2.75, 3.05) is 0 Å². The monoisotopic (exact) mass is 248 g/mol. The average Bonchev–Trinajstić information content (AvgIpc) is 2.16. The first-order valence-electron chi connectivity index (χ1n) is 4.78. The molecule has 1 aromatic rings. The van der Waals surface area contributed by atoms with Gasteiger partial charge in [-0.2, -0.15) is 13.2 Å². The predicted molar refractivity (Wildman–Crippen MR) is 58.8 cm³/mol. The van der Waals surface area contributed by atoms with Gasteiger partial charge in [-0.05, 0) is 18.4 Å². The molecule has 0 N–H and O–H groups in total. The summed E-state index contributed by atoms with van der Waals surface area (Å²) in [5.41, 5.74) is 1.000. The summed E-state index contributed by atoms with van der Waals surface area (Å²) < 4.78 is 35.8. The normalized spacial score (nSPS) is 11.5. The fourth-order valence-electron chi connectivity index (χ4n) is 1.43. The molecule has 0 fully saturated rings. The molecule has 0 atom stereocenters. The van der Waals surface area contributed by atoms with Crippen LogP contribution in [0.5, 0.6) is 0 Å². The summed E-state index contributed by atoms with van der Waals surface area (Å²) in [7, 11) is 0. The molecule has 0 heterocycles. The summed E-state index contributed by atoms with van der Waals surface area (Å²) in [6.07, 6.45) is -4.74. The third kappa shape index (κ3) is 4.26. The van der Waals surface area contributed by atoms with Crippen molar-refractivity contribution < 1.29 is 18.0 Å². The summed E-state index contributed by atoms with van der Waals surface area (Å²) >= 11 is 3.68. The van der Waals surface area contributed by atoms with Gasteiger partial charge in [-0.3, -0.25) is 4.79 Å². The van der Waals surface area contributed by atoms with Crippen LogP contribution in [0.2, 0.25) is 0 Å². The number of alkyl halides is 3. The molecule has 88 valence electrons. The zero-order valence-electron chi connectivity index (χ0n) is 8.42. The smallest absolute Gasteiger partial charge is 0.282 e. The molecule has 0 aliphatic heterocycles. The van der Waals surface area contributed by atoms with Crippen molar-refractivity contribution in [3.63, 3.8) is 0 Å². The van der Waals surface area contributed by atoms with Gasteiger partial charge in [-0.15, -0.1) is 12.6 Å². The zero-order valence-corrected chi connectivity index (χ0v) is 9.31. The average molecular weight is 248 g/mol. The van der Waals surface area contributed by atoms with E-state index in [1.165, 1.54) is 0 Å². The number of thiol groups is 1. The Morgan fingerprint density at radius 2 is 1.88 bits per heavy atom. The number of carbonyl (C=O) groups excluding carboxylic acids is 1. The lowest BCUT2D eigenvalue weighted by Gasteiger charge is -2.08. The van der Waals surface area contributed by atoms with E-state index in [4.69, 9.17) is 0 Å². The molecule has 0 spiro atoms. The molecule has 0 aromatic heterocycles. The van der Waals surface area contributed by atoms with Crippen molar-refractivity contribution in [3.05, 3.63) is 35.4 Å². The number of benzene rings is 1.